The number of aliphatic hydroxyl groups is 1. The Morgan fingerprint density at radius 1 is 1.00 bits per heavy atom. The molecule has 0 aliphatic heterocycles. The summed E-state index contributed by atoms with van der Waals surface area (Å²) in [6.45, 7) is 0.196. The highest BCUT2D eigenvalue weighted by molar-refractivity contribution is 7.98. The Bertz CT molecular complexity index is 985. The lowest BCUT2D eigenvalue weighted by atomic mass is 9.99. The summed E-state index contributed by atoms with van der Waals surface area (Å²) in [6, 6.07) is 20.9. The van der Waals surface area contributed by atoms with Gasteiger partial charge in [0.1, 0.15) is 0 Å². The molecule has 6 heteroatoms. The van der Waals surface area contributed by atoms with Gasteiger partial charge in [0.05, 0.1) is 6.10 Å². The van der Waals surface area contributed by atoms with Crippen LogP contribution in [0.3, 0.4) is 0 Å². The van der Waals surface area contributed by atoms with Crippen LogP contribution in [-0.2, 0) is 9.59 Å². The molecule has 5 nitrogen and oxygen atoms in total. The normalized spacial score (nSPS) is 11.8. The number of amides is 2. The van der Waals surface area contributed by atoms with Crippen LogP contribution < -0.4 is 10.6 Å². The monoisotopic (exact) mass is 394 g/mol. The van der Waals surface area contributed by atoms with E-state index >= 15 is 0 Å². The zero-order valence-electron chi connectivity index (χ0n) is 15.5. The number of thioether (sulfide) groups is 1. The van der Waals surface area contributed by atoms with Crippen molar-refractivity contribution in [1.82, 2.24) is 5.32 Å². The highest BCUT2D eigenvalue weighted by Crippen LogP contribution is 2.25. The van der Waals surface area contributed by atoms with E-state index < -0.39 is 17.9 Å². The molecule has 0 aromatic heterocycles. The third-order valence-corrected chi connectivity index (χ3v) is 5.14. The third-order valence-electron chi connectivity index (χ3n) is 4.42. The van der Waals surface area contributed by atoms with E-state index in [4.69, 9.17) is 0 Å². The lowest BCUT2D eigenvalue weighted by Gasteiger charge is -2.14. The van der Waals surface area contributed by atoms with Crippen molar-refractivity contribution >= 4 is 40.0 Å². The Balaban J connectivity index is 1.53. The second-order valence-electron chi connectivity index (χ2n) is 6.31. The lowest BCUT2D eigenvalue weighted by molar-refractivity contribution is -0.136. The minimum absolute atomic E-state index is 0.196. The molecule has 3 N–H and O–H groups in total. The van der Waals surface area contributed by atoms with Crippen LogP contribution in [0, 0.1) is 0 Å². The zero-order valence-corrected chi connectivity index (χ0v) is 16.3. The summed E-state index contributed by atoms with van der Waals surface area (Å²) in [5.41, 5.74) is 1.38. The van der Waals surface area contributed by atoms with Crippen molar-refractivity contribution in [2.75, 3.05) is 18.1 Å². The van der Waals surface area contributed by atoms with Crippen molar-refractivity contribution < 1.29 is 14.7 Å². The van der Waals surface area contributed by atoms with E-state index in [0.29, 0.717) is 12.1 Å². The van der Waals surface area contributed by atoms with E-state index in [2.05, 4.69) is 10.6 Å². The van der Waals surface area contributed by atoms with Crippen molar-refractivity contribution in [1.29, 1.82) is 0 Å². The first-order valence-electron chi connectivity index (χ1n) is 8.97. The van der Waals surface area contributed by atoms with Crippen LogP contribution in [0.5, 0.6) is 0 Å². The minimum atomic E-state index is -0.729. The molecule has 0 aliphatic carbocycles. The Morgan fingerprint density at radius 3 is 2.57 bits per heavy atom. The first kappa shape index (κ1) is 19.9. The van der Waals surface area contributed by atoms with Crippen molar-refractivity contribution in [3.63, 3.8) is 0 Å². The summed E-state index contributed by atoms with van der Waals surface area (Å²) in [4.78, 5) is 25.1. The van der Waals surface area contributed by atoms with Gasteiger partial charge in [0.15, 0.2) is 0 Å². The molecular formula is C22H22N2O3S. The van der Waals surface area contributed by atoms with Crippen molar-refractivity contribution in [2.24, 2.45) is 0 Å². The number of anilines is 1. The van der Waals surface area contributed by atoms with Gasteiger partial charge in [-0.05, 0) is 47.2 Å². The van der Waals surface area contributed by atoms with Crippen molar-refractivity contribution in [3.8, 4) is 0 Å². The van der Waals surface area contributed by atoms with Gasteiger partial charge in [-0.1, -0.05) is 48.5 Å². The standard InChI is InChI=1S/C22H22N2O3S/c1-28-17-9-5-8-16(14-17)24-22(27)21(26)23-13-12-20(25)19-11-4-7-15-6-2-3-10-18(15)19/h2-11,14,20,25H,12-13H2,1H3,(H,23,26)(H,24,27)/t20-/m1/s1. The topological polar surface area (TPSA) is 78.4 Å². The number of carbonyl (C=O) groups excluding carboxylic acids is 2. The smallest absolute Gasteiger partial charge is 0.313 e. The van der Waals surface area contributed by atoms with Crippen LogP contribution in [0.25, 0.3) is 10.8 Å². The highest BCUT2D eigenvalue weighted by Gasteiger charge is 2.15. The Morgan fingerprint density at radius 2 is 1.75 bits per heavy atom. The van der Waals surface area contributed by atoms with Gasteiger partial charge >= 0.3 is 11.8 Å². The van der Waals surface area contributed by atoms with Gasteiger partial charge in [0, 0.05) is 17.1 Å². The Labute approximate surface area is 168 Å². The average Bonchev–Trinajstić information content (AvgIpc) is 2.73. The van der Waals surface area contributed by atoms with Gasteiger partial charge in [0.2, 0.25) is 0 Å². The Kier molecular flexibility index (Phi) is 6.68. The summed E-state index contributed by atoms with van der Waals surface area (Å²) in [5.74, 6) is -1.45. The molecule has 1 atom stereocenters. The van der Waals surface area contributed by atoms with Gasteiger partial charge in [0.25, 0.3) is 0 Å². The number of rotatable bonds is 6. The van der Waals surface area contributed by atoms with Gasteiger partial charge in [-0.3, -0.25) is 9.59 Å². The molecule has 2 amide bonds. The van der Waals surface area contributed by atoms with Gasteiger partial charge < -0.3 is 15.7 Å². The second kappa shape index (κ2) is 9.39. The second-order valence-corrected chi connectivity index (χ2v) is 7.19. The fourth-order valence-electron chi connectivity index (χ4n) is 2.99. The highest BCUT2D eigenvalue weighted by atomic mass is 32.2. The van der Waals surface area contributed by atoms with Crippen LogP contribution >= 0.6 is 11.8 Å². The minimum Gasteiger partial charge on any atom is -0.388 e. The summed E-state index contributed by atoms with van der Waals surface area (Å²) in [5, 5.41) is 17.7. The van der Waals surface area contributed by atoms with Crippen LogP contribution in [-0.4, -0.2) is 29.7 Å². The molecule has 0 saturated heterocycles. The number of fused-ring (bicyclic) bond motifs is 1. The molecule has 0 bridgehead atoms. The van der Waals surface area contributed by atoms with E-state index in [1.54, 1.807) is 23.9 Å². The van der Waals surface area contributed by atoms with Crippen LogP contribution in [0.4, 0.5) is 5.69 Å². The third kappa shape index (κ3) is 4.91. The molecule has 3 aromatic rings. The summed E-state index contributed by atoms with van der Waals surface area (Å²) in [7, 11) is 0. The fraction of sp³-hybridized carbons (Fsp3) is 0.182. The van der Waals surface area contributed by atoms with E-state index in [0.717, 1.165) is 21.2 Å². The maximum atomic E-state index is 12.0. The molecule has 0 aliphatic rings. The molecule has 3 aromatic carbocycles. The molecule has 0 unspecified atom stereocenters. The summed E-state index contributed by atoms with van der Waals surface area (Å²) in [6.07, 6.45) is 1.52. The number of hydrogen-bond acceptors (Lipinski definition) is 4. The number of nitrogens with one attached hydrogen (secondary N) is 2. The van der Waals surface area contributed by atoms with Gasteiger partial charge in [-0.15, -0.1) is 11.8 Å². The average molecular weight is 394 g/mol. The van der Waals surface area contributed by atoms with Gasteiger partial charge in [-0.2, -0.15) is 0 Å². The first-order valence-corrected chi connectivity index (χ1v) is 10.2. The number of benzene rings is 3. The molecule has 3 rings (SSSR count). The summed E-state index contributed by atoms with van der Waals surface area (Å²) < 4.78 is 0. The van der Waals surface area contributed by atoms with Crippen molar-refractivity contribution in [3.05, 3.63) is 72.3 Å². The predicted molar refractivity (Wildman–Crippen MR) is 113 cm³/mol. The van der Waals surface area contributed by atoms with E-state index in [-0.39, 0.29) is 6.54 Å². The Hall–Kier alpha value is -2.83. The number of aliphatic hydroxyl groups excluding tert-OH is 1. The molecule has 144 valence electrons. The molecule has 0 saturated carbocycles. The zero-order chi connectivity index (χ0) is 19.9. The van der Waals surface area contributed by atoms with Crippen LogP contribution in [0.2, 0.25) is 0 Å². The van der Waals surface area contributed by atoms with E-state index in [1.165, 1.54) is 0 Å². The van der Waals surface area contributed by atoms with E-state index in [9.17, 15) is 14.7 Å². The molecule has 0 fully saturated rings. The van der Waals surface area contributed by atoms with Crippen LogP contribution in [0.1, 0.15) is 18.1 Å². The lowest BCUT2D eigenvalue weighted by Crippen LogP contribution is -2.36. The van der Waals surface area contributed by atoms with Crippen LogP contribution in [0.15, 0.2) is 71.6 Å². The quantitative estimate of drug-likeness (QED) is 0.440. The maximum absolute atomic E-state index is 12.0. The van der Waals surface area contributed by atoms with Crippen molar-refractivity contribution in [2.45, 2.75) is 17.4 Å². The molecule has 0 spiro atoms. The SMILES string of the molecule is CSc1cccc(NC(=O)C(=O)NCC[C@@H](O)c2cccc3ccccc23)c1. The molecule has 28 heavy (non-hydrogen) atoms. The predicted octanol–water partition coefficient (Wildman–Crippen LogP) is 3.74. The van der Waals surface area contributed by atoms with Gasteiger partial charge in [-0.25, -0.2) is 0 Å². The largest absolute Gasteiger partial charge is 0.388 e. The number of carbonyl (C=O) groups is 2. The summed E-state index contributed by atoms with van der Waals surface area (Å²) >= 11 is 1.55. The van der Waals surface area contributed by atoms with E-state index in [1.807, 2.05) is 60.9 Å². The molecule has 0 radical (unpaired) electrons. The maximum Gasteiger partial charge on any atom is 0.313 e. The molecular weight excluding hydrogens is 372 g/mol. The first-order chi connectivity index (χ1) is 13.6. The number of hydrogen-bond donors (Lipinski definition) is 3. The molecule has 0 heterocycles. The fourth-order valence-corrected chi connectivity index (χ4v) is 3.45.